The van der Waals surface area contributed by atoms with Crippen molar-refractivity contribution in [3.8, 4) is 0 Å². The molecule has 0 atom stereocenters. The molecule has 10 heteroatoms. The van der Waals surface area contributed by atoms with Gasteiger partial charge in [-0.15, -0.1) is 0 Å². The van der Waals surface area contributed by atoms with Crippen LogP contribution in [0.25, 0.3) is 10.8 Å². The largest absolute Gasteiger partial charge is 0.450 e. The van der Waals surface area contributed by atoms with Crippen LogP contribution in [0.15, 0.2) is 29.1 Å². The zero-order valence-corrected chi connectivity index (χ0v) is 15.4. The van der Waals surface area contributed by atoms with Gasteiger partial charge in [-0.1, -0.05) is 18.2 Å². The Morgan fingerprint density at radius 1 is 1.11 bits per heavy atom. The number of hydrogen-bond donors (Lipinski definition) is 2. The molecule has 2 aromatic rings. The van der Waals surface area contributed by atoms with Gasteiger partial charge in [0.05, 0.1) is 24.2 Å². The summed E-state index contributed by atoms with van der Waals surface area (Å²) >= 11 is 0. The molecule has 28 heavy (non-hydrogen) atoms. The zero-order chi connectivity index (χ0) is 20.1. The summed E-state index contributed by atoms with van der Waals surface area (Å²) in [6, 6.07) is 6.90. The summed E-state index contributed by atoms with van der Waals surface area (Å²) in [6.45, 7) is 3.14. The Morgan fingerprint density at radius 2 is 1.75 bits per heavy atom. The highest BCUT2D eigenvalue weighted by molar-refractivity contribution is 6.35. The molecule has 0 bridgehead atoms. The van der Waals surface area contributed by atoms with Crippen molar-refractivity contribution in [1.82, 2.24) is 25.3 Å². The molecule has 2 heterocycles. The second kappa shape index (κ2) is 8.51. The van der Waals surface area contributed by atoms with Crippen LogP contribution >= 0.6 is 0 Å². The van der Waals surface area contributed by atoms with Crippen LogP contribution in [0.3, 0.4) is 0 Å². The molecule has 1 aromatic heterocycles. The number of aromatic nitrogens is 2. The monoisotopic (exact) mass is 387 g/mol. The van der Waals surface area contributed by atoms with Crippen LogP contribution in [0.2, 0.25) is 0 Å². The molecule has 0 aliphatic carbocycles. The van der Waals surface area contributed by atoms with Crippen LogP contribution in [0.4, 0.5) is 4.79 Å². The lowest BCUT2D eigenvalue weighted by Gasteiger charge is -2.33. The molecule has 10 nitrogen and oxygen atoms in total. The van der Waals surface area contributed by atoms with Gasteiger partial charge in [-0.3, -0.25) is 14.4 Å². The Labute approximate surface area is 160 Å². The van der Waals surface area contributed by atoms with E-state index in [0.717, 1.165) is 0 Å². The molecule has 1 fully saturated rings. The molecule has 0 spiro atoms. The number of nitrogens with one attached hydrogen (secondary N) is 2. The minimum absolute atomic E-state index is 0.00462. The predicted octanol–water partition coefficient (Wildman–Crippen LogP) is -0.160. The molecular weight excluding hydrogens is 366 g/mol. The SMILES string of the molecule is CCOC(=O)N1CCN(C(=O)C(=O)NCc2n[nH]c(=O)c3ccccc23)CC1. The number of carbonyl (C=O) groups is 3. The molecular formula is C18H21N5O5. The van der Waals surface area contributed by atoms with Crippen molar-refractivity contribution >= 4 is 28.7 Å². The topological polar surface area (TPSA) is 125 Å². The molecule has 0 saturated carbocycles. The van der Waals surface area contributed by atoms with Gasteiger partial charge in [-0.2, -0.15) is 5.10 Å². The number of fused-ring (bicyclic) bond motifs is 1. The van der Waals surface area contributed by atoms with Crippen LogP contribution < -0.4 is 10.9 Å². The molecule has 3 amide bonds. The minimum atomic E-state index is -0.762. The molecule has 1 aromatic carbocycles. The maximum Gasteiger partial charge on any atom is 0.409 e. The maximum atomic E-state index is 12.3. The molecule has 0 unspecified atom stereocenters. The summed E-state index contributed by atoms with van der Waals surface area (Å²) in [4.78, 5) is 50.9. The van der Waals surface area contributed by atoms with Crippen molar-refractivity contribution < 1.29 is 19.1 Å². The first-order valence-corrected chi connectivity index (χ1v) is 8.96. The lowest BCUT2D eigenvalue weighted by atomic mass is 10.1. The lowest BCUT2D eigenvalue weighted by Crippen LogP contribution is -2.53. The zero-order valence-electron chi connectivity index (χ0n) is 15.4. The third kappa shape index (κ3) is 4.11. The van der Waals surface area contributed by atoms with Crippen molar-refractivity contribution in [2.24, 2.45) is 0 Å². The van der Waals surface area contributed by atoms with Gasteiger partial charge >= 0.3 is 17.9 Å². The normalized spacial score (nSPS) is 14.0. The number of rotatable bonds is 3. The van der Waals surface area contributed by atoms with Gasteiger partial charge < -0.3 is 19.9 Å². The Balaban J connectivity index is 1.57. The molecule has 2 N–H and O–H groups in total. The first-order valence-electron chi connectivity index (χ1n) is 8.96. The number of benzene rings is 1. The van der Waals surface area contributed by atoms with Gasteiger partial charge in [-0.05, 0) is 13.0 Å². The average Bonchev–Trinajstić information content (AvgIpc) is 2.73. The number of nitrogens with zero attached hydrogens (tertiary/aromatic N) is 3. The van der Waals surface area contributed by atoms with E-state index in [2.05, 4.69) is 15.5 Å². The number of aromatic amines is 1. The predicted molar refractivity (Wildman–Crippen MR) is 99.4 cm³/mol. The fourth-order valence-corrected chi connectivity index (χ4v) is 3.00. The maximum absolute atomic E-state index is 12.3. The molecule has 1 aliphatic rings. The highest BCUT2D eigenvalue weighted by Gasteiger charge is 2.28. The Hall–Kier alpha value is -3.43. The fraction of sp³-hybridized carbons (Fsp3) is 0.389. The lowest BCUT2D eigenvalue weighted by molar-refractivity contribution is -0.146. The number of amides is 3. The summed E-state index contributed by atoms with van der Waals surface area (Å²) in [5.41, 5.74) is 0.143. The third-order valence-corrected chi connectivity index (χ3v) is 4.48. The Morgan fingerprint density at radius 3 is 2.43 bits per heavy atom. The van der Waals surface area contributed by atoms with Crippen LogP contribution in [0.1, 0.15) is 12.6 Å². The molecule has 1 saturated heterocycles. The summed E-state index contributed by atoms with van der Waals surface area (Å²) in [7, 11) is 0. The Kier molecular flexibility index (Phi) is 5.87. The number of H-pyrrole nitrogens is 1. The quantitative estimate of drug-likeness (QED) is 0.705. The van der Waals surface area contributed by atoms with E-state index in [0.29, 0.717) is 29.6 Å². The molecule has 0 radical (unpaired) electrons. The number of hydrogen-bond acceptors (Lipinski definition) is 6. The van der Waals surface area contributed by atoms with E-state index in [1.807, 2.05) is 0 Å². The highest BCUT2D eigenvalue weighted by Crippen LogP contribution is 2.12. The van der Waals surface area contributed by atoms with E-state index in [1.54, 1.807) is 31.2 Å². The Bertz CT molecular complexity index is 949. The van der Waals surface area contributed by atoms with E-state index in [4.69, 9.17) is 4.74 Å². The van der Waals surface area contributed by atoms with Crippen LogP contribution in [-0.4, -0.2) is 70.7 Å². The van der Waals surface area contributed by atoms with Crippen molar-refractivity contribution in [3.05, 3.63) is 40.3 Å². The first kappa shape index (κ1) is 19.3. The van der Waals surface area contributed by atoms with E-state index in [9.17, 15) is 19.2 Å². The number of ether oxygens (including phenoxy) is 1. The van der Waals surface area contributed by atoms with Crippen molar-refractivity contribution in [1.29, 1.82) is 0 Å². The summed E-state index contributed by atoms with van der Waals surface area (Å²) in [6.07, 6.45) is -0.421. The molecule has 1 aliphatic heterocycles. The first-order chi connectivity index (χ1) is 13.5. The fourth-order valence-electron chi connectivity index (χ4n) is 3.00. The second-order valence-electron chi connectivity index (χ2n) is 6.21. The van der Waals surface area contributed by atoms with Crippen LogP contribution in [0.5, 0.6) is 0 Å². The molecule has 3 rings (SSSR count). The van der Waals surface area contributed by atoms with E-state index in [1.165, 1.54) is 9.80 Å². The van der Waals surface area contributed by atoms with E-state index < -0.39 is 17.9 Å². The van der Waals surface area contributed by atoms with Crippen molar-refractivity contribution in [2.45, 2.75) is 13.5 Å². The van der Waals surface area contributed by atoms with E-state index in [-0.39, 0.29) is 31.8 Å². The standard InChI is InChI=1S/C18H21N5O5/c1-2-28-18(27)23-9-7-22(8-10-23)17(26)16(25)19-11-14-12-5-3-4-6-13(12)15(24)21-20-14/h3-6H,2,7-11H2,1H3,(H,19,25)(H,21,24). The van der Waals surface area contributed by atoms with Gasteiger partial charge in [0.1, 0.15) is 0 Å². The summed E-state index contributed by atoms with van der Waals surface area (Å²) in [5.74, 6) is -1.43. The molecule has 148 valence electrons. The second-order valence-corrected chi connectivity index (χ2v) is 6.21. The van der Waals surface area contributed by atoms with Gasteiger partial charge in [0, 0.05) is 31.6 Å². The van der Waals surface area contributed by atoms with Gasteiger partial charge in [0.2, 0.25) is 0 Å². The summed E-state index contributed by atoms with van der Waals surface area (Å²) < 4.78 is 4.93. The highest BCUT2D eigenvalue weighted by atomic mass is 16.6. The van der Waals surface area contributed by atoms with Crippen molar-refractivity contribution in [3.63, 3.8) is 0 Å². The number of piperazine rings is 1. The summed E-state index contributed by atoms with van der Waals surface area (Å²) in [5, 5.41) is 9.96. The van der Waals surface area contributed by atoms with Crippen molar-refractivity contribution in [2.75, 3.05) is 32.8 Å². The van der Waals surface area contributed by atoms with Crippen LogP contribution in [0, 0.1) is 0 Å². The third-order valence-electron chi connectivity index (χ3n) is 4.48. The van der Waals surface area contributed by atoms with Crippen LogP contribution in [-0.2, 0) is 20.9 Å². The van der Waals surface area contributed by atoms with Gasteiger partial charge in [-0.25, -0.2) is 9.89 Å². The van der Waals surface area contributed by atoms with Gasteiger partial charge in [0.15, 0.2) is 0 Å². The number of carbonyl (C=O) groups excluding carboxylic acids is 3. The minimum Gasteiger partial charge on any atom is -0.450 e. The average molecular weight is 387 g/mol. The smallest absolute Gasteiger partial charge is 0.409 e. The van der Waals surface area contributed by atoms with E-state index >= 15 is 0 Å². The van der Waals surface area contributed by atoms with Gasteiger partial charge in [0.25, 0.3) is 5.56 Å².